The Morgan fingerprint density at radius 2 is 0.926 bits per heavy atom. The van der Waals surface area contributed by atoms with Gasteiger partial charge >= 0.3 is 5.97 Å². The molecule has 3 N–H and O–H groups in total. The highest BCUT2D eigenvalue weighted by molar-refractivity contribution is 5.99. The van der Waals surface area contributed by atoms with Crippen LogP contribution in [0.15, 0.2) is 158 Å². The van der Waals surface area contributed by atoms with Crippen molar-refractivity contribution in [2.24, 2.45) is 0 Å². The number of aromatic nitrogens is 4. The minimum Gasteiger partial charge on any atom is -0.478 e. The van der Waals surface area contributed by atoms with Crippen molar-refractivity contribution < 1.29 is 9.90 Å². The third kappa shape index (κ3) is 8.56. The number of aromatic amines is 2. The average Bonchev–Trinajstić information content (AvgIpc) is 4.19. The Bertz CT molecular complexity index is 3420. The highest BCUT2D eigenvalue weighted by Gasteiger charge is 2.24. The van der Waals surface area contributed by atoms with E-state index in [4.69, 9.17) is 9.97 Å². The van der Waals surface area contributed by atoms with Crippen molar-refractivity contribution in [3.8, 4) is 34.1 Å². The van der Waals surface area contributed by atoms with Gasteiger partial charge in [0.25, 0.3) is 0 Å². The SMILES string of the molecule is CC(C)(C)c1ccc(N(c2ccc(C(C)(C)C)cc2)c2c3nc(c(-c4ccccc4)c4ccc([nH]4)c(C#Cc4ccc(C(=O)O)cc4)c4nc(c(-c5ccccc5)c5ccc2[nH]5)C=C4)C=C3)cc1. The minimum absolute atomic E-state index is 0.0239. The van der Waals surface area contributed by atoms with Crippen molar-refractivity contribution in [1.29, 1.82) is 0 Å². The first kappa shape index (κ1) is 43.4. The van der Waals surface area contributed by atoms with Crippen LogP contribution in [0.25, 0.3) is 68.6 Å². The predicted molar refractivity (Wildman–Crippen MR) is 281 cm³/mol. The number of aromatic carboxylic acids is 1. The van der Waals surface area contributed by atoms with E-state index >= 15 is 0 Å². The molecular weight excluding hydrogens is 835 g/mol. The maximum absolute atomic E-state index is 11.6. The van der Waals surface area contributed by atoms with E-state index < -0.39 is 5.97 Å². The quantitative estimate of drug-likeness (QED) is 0.145. The number of carbonyl (C=O) groups is 1. The monoisotopic (exact) mass is 885 g/mol. The molecular formula is C61H51N5O2. The molecule has 0 radical (unpaired) electrons. The van der Waals surface area contributed by atoms with Crippen molar-refractivity contribution in [3.05, 3.63) is 208 Å². The van der Waals surface area contributed by atoms with E-state index in [-0.39, 0.29) is 16.4 Å². The number of rotatable bonds is 6. The molecule has 8 aromatic rings. The predicted octanol–water partition coefficient (Wildman–Crippen LogP) is 15.2. The van der Waals surface area contributed by atoms with E-state index in [0.717, 1.165) is 78.5 Å². The van der Waals surface area contributed by atoms with E-state index in [9.17, 15) is 9.90 Å². The number of hydrogen-bond acceptors (Lipinski definition) is 4. The first-order chi connectivity index (χ1) is 32.8. The number of nitrogens with one attached hydrogen (secondary N) is 2. The summed E-state index contributed by atoms with van der Waals surface area (Å²) in [4.78, 5) is 32.6. The van der Waals surface area contributed by atoms with Gasteiger partial charge in [-0.2, -0.15) is 0 Å². The van der Waals surface area contributed by atoms with Gasteiger partial charge in [0.15, 0.2) is 0 Å². The molecule has 2 aliphatic rings. The van der Waals surface area contributed by atoms with Crippen molar-refractivity contribution in [2.75, 3.05) is 4.90 Å². The van der Waals surface area contributed by atoms with Crippen LogP contribution in [-0.2, 0) is 10.8 Å². The lowest BCUT2D eigenvalue weighted by molar-refractivity contribution is 0.0697. The zero-order valence-electron chi connectivity index (χ0n) is 39.0. The van der Waals surface area contributed by atoms with E-state index in [2.05, 4.69) is 177 Å². The lowest BCUT2D eigenvalue weighted by Gasteiger charge is -2.28. The molecule has 0 aliphatic carbocycles. The molecule has 7 nitrogen and oxygen atoms in total. The fourth-order valence-corrected chi connectivity index (χ4v) is 8.83. The standard InChI is InChI=1S/C61H51N5O2/c1-60(2,3)43-22-26-45(27-23-43)66(46-28-24-44(25-29-46)61(4,5)6)58-54-37-35-52(64-54)56(40-13-9-7-10-14-40)50-33-31-48(62-50)47(30-19-39-17-20-42(21-18-39)59(67)68)49-32-34-51(63-49)57(41-15-11-8-12-16-41)53-36-38-55(58)65-53/h7-18,20-29,31-38,62,65H,1-6H3,(H,67,68). The lowest BCUT2D eigenvalue weighted by atomic mass is 9.86. The number of nitrogens with zero attached hydrogens (tertiary/aromatic N) is 3. The summed E-state index contributed by atoms with van der Waals surface area (Å²) < 4.78 is 0. The molecule has 0 unspecified atom stereocenters. The molecule has 5 aromatic carbocycles. The van der Waals surface area contributed by atoms with Crippen LogP contribution in [-0.4, -0.2) is 31.0 Å². The van der Waals surface area contributed by atoms with Gasteiger partial charge in [0, 0.05) is 39.1 Å². The molecule has 0 fully saturated rings. The highest BCUT2D eigenvalue weighted by Crippen LogP contribution is 2.43. The van der Waals surface area contributed by atoms with Gasteiger partial charge in [-0.1, -0.05) is 138 Å². The molecule has 0 saturated heterocycles. The molecule has 10 rings (SSSR count). The van der Waals surface area contributed by atoms with Gasteiger partial charge in [0.2, 0.25) is 0 Å². The summed E-state index contributed by atoms with van der Waals surface area (Å²) in [5.41, 5.74) is 17.3. The third-order valence-corrected chi connectivity index (χ3v) is 12.5. The largest absolute Gasteiger partial charge is 0.478 e. The third-order valence-electron chi connectivity index (χ3n) is 12.5. The maximum Gasteiger partial charge on any atom is 0.335 e. The van der Waals surface area contributed by atoms with Crippen LogP contribution in [0.4, 0.5) is 17.1 Å². The first-order valence-corrected chi connectivity index (χ1v) is 22.9. The number of H-pyrrole nitrogens is 2. The van der Waals surface area contributed by atoms with Crippen LogP contribution < -0.4 is 4.90 Å². The number of benzene rings is 5. The Hall–Kier alpha value is -8.47. The van der Waals surface area contributed by atoms with Crippen molar-refractivity contribution in [1.82, 2.24) is 19.9 Å². The molecule has 5 heterocycles. The van der Waals surface area contributed by atoms with E-state index in [0.29, 0.717) is 16.8 Å². The van der Waals surface area contributed by atoms with Gasteiger partial charge in [-0.25, -0.2) is 14.8 Å². The topological polar surface area (TPSA) is 97.9 Å². The van der Waals surface area contributed by atoms with Crippen LogP contribution >= 0.6 is 0 Å². The zero-order chi connectivity index (χ0) is 47.2. The normalized spacial score (nSPS) is 12.1. The Balaban J connectivity index is 1.32. The Kier molecular flexibility index (Phi) is 11.1. The number of fused-ring (bicyclic) bond motifs is 8. The Morgan fingerprint density at radius 3 is 1.43 bits per heavy atom. The van der Waals surface area contributed by atoms with Gasteiger partial charge in [-0.3, -0.25) is 0 Å². The van der Waals surface area contributed by atoms with E-state index in [1.807, 2.05) is 48.5 Å². The van der Waals surface area contributed by atoms with Crippen molar-refractivity contribution >= 4 is 69.4 Å². The fourth-order valence-electron chi connectivity index (χ4n) is 8.83. The van der Waals surface area contributed by atoms with Crippen LogP contribution in [0.3, 0.4) is 0 Å². The van der Waals surface area contributed by atoms with Crippen molar-refractivity contribution in [2.45, 2.75) is 52.4 Å². The number of carboxylic acid groups (broad SMARTS) is 1. The highest BCUT2D eigenvalue weighted by atomic mass is 16.4. The fraction of sp³-hybridized carbons (Fsp3) is 0.131. The number of carboxylic acids is 1. The average molecular weight is 886 g/mol. The molecule has 68 heavy (non-hydrogen) atoms. The van der Waals surface area contributed by atoms with Crippen LogP contribution in [0.1, 0.15) is 96.9 Å². The number of anilines is 3. The summed E-state index contributed by atoms with van der Waals surface area (Å²) >= 11 is 0. The molecule has 2 aliphatic heterocycles. The molecule has 7 heteroatoms. The van der Waals surface area contributed by atoms with Gasteiger partial charge in [-0.15, -0.1) is 0 Å². The zero-order valence-corrected chi connectivity index (χ0v) is 39.0. The summed E-state index contributed by atoms with van der Waals surface area (Å²) in [7, 11) is 0. The second-order valence-electron chi connectivity index (χ2n) is 19.3. The minimum atomic E-state index is -0.983. The van der Waals surface area contributed by atoms with Crippen molar-refractivity contribution in [3.63, 3.8) is 0 Å². The van der Waals surface area contributed by atoms with Gasteiger partial charge < -0.3 is 20.0 Å². The van der Waals surface area contributed by atoms with Gasteiger partial charge in [-0.05, 0) is 130 Å². The van der Waals surface area contributed by atoms with Crippen LogP contribution in [0.5, 0.6) is 0 Å². The molecule has 0 spiro atoms. The molecule has 0 atom stereocenters. The summed E-state index contributed by atoms with van der Waals surface area (Å²) in [5, 5.41) is 9.53. The molecule has 0 amide bonds. The first-order valence-electron chi connectivity index (χ1n) is 22.9. The van der Waals surface area contributed by atoms with Gasteiger partial charge in [0.1, 0.15) is 0 Å². The molecule has 332 valence electrons. The van der Waals surface area contributed by atoms with Gasteiger partial charge in [0.05, 0.1) is 50.6 Å². The van der Waals surface area contributed by atoms with Crippen LogP contribution in [0, 0.1) is 11.8 Å². The Labute approximate surface area is 397 Å². The van der Waals surface area contributed by atoms with Crippen LogP contribution in [0.2, 0.25) is 0 Å². The molecule has 8 bridgehead atoms. The Morgan fingerprint density at radius 1 is 0.485 bits per heavy atom. The van der Waals surface area contributed by atoms with E-state index in [1.165, 1.54) is 11.1 Å². The lowest BCUT2D eigenvalue weighted by Crippen LogP contribution is -2.15. The second-order valence-corrected chi connectivity index (χ2v) is 19.3. The molecule has 3 aromatic heterocycles. The summed E-state index contributed by atoms with van der Waals surface area (Å²) in [6.45, 7) is 13.5. The smallest absolute Gasteiger partial charge is 0.335 e. The number of hydrogen-bond donors (Lipinski definition) is 3. The summed E-state index contributed by atoms with van der Waals surface area (Å²) in [6.07, 6.45) is 8.31. The summed E-state index contributed by atoms with van der Waals surface area (Å²) in [6, 6.07) is 53.6. The molecule has 0 saturated carbocycles. The maximum atomic E-state index is 11.6. The van der Waals surface area contributed by atoms with E-state index in [1.54, 1.807) is 24.3 Å². The second kappa shape index (κ2) is 17.4. The summed E-state index contributed by atoms with van der Waals surface area (Å²) in [5.74, 6) is 5.76.